The zero-order valence-electron chi connectivity index (χ0n) is 15.7. The van der Waals surface area contributed by atoms with Crippen LogP contribution in [-0.4, -0.2) is 66.9 Å². The Morgan fingerprint density at radius 3 is 2.15 bits per heavy atom. The lowest BCUT2D eigenvalue weighted by molar-refractivity contribution is -0.00407. The van der Waals surface area contributed by atoms with Crippen molar-refractivity contribution >= 4 is 0 Å². The largest absolute Gasteiger partial charge is 0.394 e. The number of hydrogen-bond acceptors (Lipinski definition) is 6. The number of nitrogens with zero attached hydrogens (tertiary/aromatic N) is 4. The summed E-state index contributed by atoms with van der Waals surface area (Å²) >= 11 is 0. The van der Waals surface area contributed by atoms with Crippen molar-refractivity contribution in [2.24, 2.45) is 0 Å². The Hall–Kier alpha value is -1.74. The SMILES string of the molecule is CC(C)c1cnn(C[C@H](CO)OCC(C)c2cnn(CC(O)CO)c2)c1. The van der Waals surface area contributed by atoms with E-state index in [1.54, 1.807) is 15.6 Å². The molecule has 3 atom stereocenters. The standard InChI is InChI=1S/C18H30N4O4/c1-13(2)15-4-19-22(6-15)9-18(11-24)26-12-14(3)16-5-20-21(7-16)8-17(25)10-23/h4-7,13-14,17-18,23-25H,8-12H2,1-3H3/t14?,17?,18-/m1/s1. The summed E-state index contributed by atoms with van der Waals surface area (Å²) in [5.41, 5.74) is 2.14. The van der Waals surface area contributed by atoms with Gasteiger partial charge in [-0.15, -0.1) is 0 Å². The van der Waals surface area contributed by atoms with Crippen LogP contribution in [-0.2, 0) is 17.8 Å². The van der Waals surface area contributed by atoms with E-state index in [0.717, 1.165) is 11.1 Å². The topological polar surface area (TPSA) is 106 Å². The van der Waals surface area contributed by atoms with Crippen molar-refractivity contribution in [1.82, 2.24) is 19.6 Å². The van der Waals surface area contributed by atoms with Crippen molar-refractivity contribution in [3.63, 3.8) is 0 Å². The molecule has 0 aromatic carbocycles. The third-order valence-corrected chi connectivity index (χ3v) is 4.33. The fourth-order valence-corrected chi connectivity index (χ4v) is 2.53. The molecule has 26 heavy (non-hydrogen) atoms. The molecule has 8 heteroatoms. The molecule has 0 saturated heterocycles. The van der Waals surface area contributed by atoms with Gasteiger partial charge in [0.2, 0.25) is 0 Å². The van der Waals surface area contributed by atoms with Crippen molar-refractivity contribution in [1.29, 1.82) is 0 Å². The van der Waals surface area contributed by atoms with Crippen molar-refractivity contribution in [2.75, 3.05) is 19.8 Å². The molecule has 2 heterocycles. The van der Waals surface area contributed by atoms with Gasteiger partial charge in [-0.2, -0.15) is 10.2 Å². The first kappa shape index (κ1) is 20.6. The quantitative estimate of drug-likeness (QED) is 0.542. The molecule has 2 aromatic heterocycles. The fourth-order valence-electron chi connectivity index (χ4n) is 2.53. The van der Waals surface area contributed by atoms with E-state index < -0.39 is 6.10 Å². The lowest BCUT2D eigenvalue weighted by atomic mass is 10.1. The smallest absolute Gasteiger partial charge is 0.100 e. The Labute approximate surface area is 154 Å². The Balaban J connectivity index is 1.84. The molecule has 0 aliphatic heterocycles. The number of hydrogen-bond donors (Lipinski definition) is 3. The van der Waals surface area contributed by atoms with Crippen LogP contribution in [0, 0.1) is 0 Å². The van der Waals surface area contributed by atoms with Crippen molar-refractivity contribution < 1.29 is 20.1 Å². The summed E-state index contributed by atoms with van der Waals surface area (Å²) in [6.45, 7) is 7.06. The summed E-state index contributed by atoms with van der Waals surface area (Å²) in [5.74, 6) is 0.506. The van der Waals surface area contributed by atoms with Crippen LogP contribution in [0.15, 0.2) is 24.8 Å². The molecule has 0 amide bonds. The summed E-state index contributed by atoms with van der Waals surface area (Å²) in [5, 5.41) is 36.5. The van der Waals surface area contributed by atoms with Gasteiger partial charge in [0.05, 0.1) is 51.4 Å². The third-order valence-electron chi connectivity index (χ3n) is 4.33. The van der Waals surface area contributed by atoms with Gasteiger partial charge in [-0.3, -0.25) is 9.36 Å². The fraction of sp³-hybridized carbons (Fsp3) is 0.667. The van der Waals surface area contributed by atoms with Crippen LogP contribution in [0.4, 0.5) is 0 Å². The molecular formula is C18H30N4O4. The van der Waals surface area contributed by atoms with E-state index in [1.807, 2.05) is 25.5 Å². The maximum Gasteiger partial charge on any atom is 0.100 e. The van der Waals surface area contributed by atoms with Gasteiger partial charge in [-0.25, -0.2) is 0 Å². The van der Waals surface area contributed by atoms with Crippen molar-refractivity contribution in [2.45, 2.75) is 57.9 Å². The van der Waals surface area contributed by atoms with E-state index in [-0.39, 0.29) is 31.8 Å². The zero-order valence-corrected chi connectivity index (χ0v) is 15.7. The van der Waals surface area contributed by atoms with Gasteiger partial charge in [-0.1, -0.05) is 20.8 Å². The maximum atomic E-state index is 9.58. The number of aromatic nitrogens is 4. The normalized spacial score (nSPS) is 15.3. The van der Waals surface area contributed by atoms with Crippen molar-refractivity contribution in [3.8, 4) is 0 Å². The maximum absolute atomic E-state index is 9.58. The first-order valence-electron chi connectivity index (χ1n) is 8.99. The monoisotopic (exact) mass is 366 g/mol. The first-order chi connectivity index (χ1) is 12.4. The lowest BCUT2D eigenvalue weighted by Crippen LogP contribution is -2.26. The summed E-state index contributed by atoms with van der Waals surface area (Å²) in [6.07, 6.45) is 6.24. The third kappa shape index (κ3) is 5.91. The van der Waals surface area contributed by atoms with Crippen LogP contribution < -0.4 is 0 Å². The molecule has 0 aliphatic rings. The van der Waals surface area contributed by atoms with E-state index in [2.05, 4.69) is 24.0 Å². The van der Waals surface area contributed by atoms with E-state index in [4.69, 9.17) is 9.84 Å². The van der Waals surface area contributed by atoms with E-state index in [0.29, 0.717) is 19.1 Å². The molecule has 0 bridgehead atoms. The molecule has 0 fully saturated rings. The molecule has 2 unspecified atom stereocenters. The van der Waals surface area contributed by atoms with Gasteiger partial charge in [0.1, 0.15) is 6.10 Å². The van der Waals surface area contributed by atoms with Gasteiger partial charge in [-0.05, 0) is 17.0 Å². The molecule has 3 N–H and O–H groups in total. The Morgan fingerprint density at radius 2 is 1.58 bits per heavy atom. The van der Waals surface area contributed by atoms with Crippen LogP contribution in [0.5, 0.6) is 0 Å². The van der Waals surface area contributed by atoms with Crippen LogP contribution in [0.1, 0.15) is 43.7 Å². The molecule has 0 saturated carbocycles. The molecule has 2 rings (SSSR count). The lowest BCUT2D eigenvalue weighted by Gasteiger charge is -2.18. The van der Waals surface area contributed by atoms with Gasteiger partial charge in [0, 0.05) is 18.3 Å². The first-order valence-corrected chi connectivity index (χ1v) is 8.99. The predicted molar refractivity (Wildman–Crippen MR) is 96.9 cm³/mol. The van der Waals surface area contributed by atoms with Gasteiger partial charge < -0.3 is 20.1 Å². The van der Waals surface area contributed by atoms with Gasteiger partial charge in [0.25, 0.3) is 0 Å². The molecule has 0 spiro atoms. The number of aliphatic hydroxyl groups excluding tert-OH is 3. The van der Waals surface area contributed by atoms with Crippen LogP contribution in [0.2, 0.25) is 0 Å². The predicted octanol–water partition coefficient (Wildman–Crippen LogP) is 0.737. The average Bonchev–Trinajstić information content (AvgIpc) is 3.27. The molecule has 0 radical (unpaired) electrons. The van der Waals surface area contributed by atoms with E-state index in [9.17, 15) is 10.2 Å². The molecular weight excluding hydrogens is 336 g/mol. The molecule has 8 nitrogen and oxygen atoms in total. The molecule has 2 aromatic rings. The molecule has 146 valence electrons. The second-order valence-corrected chi connectivity index (χ2v) is 7.02. The zero-order chi connectivity index (χ0) is 19.1. The summed E-state index contributed by atoms with van der Waals surface area (Å²) in [7, 11) is 0. The highest BCUT2D eigenvalue weighted by atomic mass is 16.5. The highest BCUT2D eigenvalue weighted by molar-refractivity contribution is 5.10. The molecule has 0 aliphatic carbocycles. The summed E-state index contributed by atoms with van der Waals surface area (Å²) in [4.78, 5) is 0. The summed E-state index contributed by atoms with van der Waals surface area (Å²) in [6, 6.07) is 0. The highest BCUT2D eigenvalue weighted by Crippen LogP contribution is 2.17. The average molecular weight is 366 g/mol. The minimum atomic E-state index is -0.821. The minimum absolute atomic E-state index is 0.0778. The second-order valence-electron chi connectivity index (χ2n) is 7.02. The van der Waals surface area contributed by atoms with Crippen LogP contribution in [0.3, 0.4) is 0 Å². The summed E-state index contributed by atoms with van der Waals surface area (Å²) < 4.78 is 9.26. The second kappa shape index (κ2) is 9.82. The number of rotatable bonds is 11. The van der Waals surface area contributed by atoms with E-state index in [1.165, 1.54) is 0 Å². The van der Waals surface area contributed by atoms with Gasteiger partial charge >= 0.3 is 0 Å². The highest BCUT2D eigenvalue weighted by Gasteiger charge is 2.15. The number of ether oxygens (including phenoxy) is 1. The van der Waals surface area contributed by atoms with Crippen LogP contribution in [0.25, 0.3) is 0 Å². The van der Waals surface area contributed by atoms with Gasteiger partial charge in [0.15, 0.2) is 0 Å². The number of aliphatic hydroxyl groups is 3. The van der Waals surface area contributed by atoms with Crippen molar-refractivity contribution in [3.05, 3.63) is 35.9 Å². The Morgan fingerprint density at radius 1 is 0.962 bits per heavy atom. The van der Waals surface area contributed by atoms with Crippen LogP contribution >= 0.6 is 0 Å². The van der Waals surface area contributed by atoms with E-state index >= 15 is 0 Å². The minimum Gasteiger partial charge on any atom is -0.394 e. The Bertz CT molecular complexity index is 655. The Kier molecular flexibility index (Phi) is 7.77.